The molecule has 1 aromatic heterocycles. The van der Waals surface area contributed by atoms with Crippen molar-refractivity contribution in [1.82, 2.24) is 0 Å². The summed E-state index contributed by atoms with van der Waals surface area (Å²) in [6, 6.07) is 1.21. The van der Waals surface area contributed by atoms with Crippen LogP contribution in [0.2, 0.25) is 10.0 Å². The highest BCUT2D eigenvalue weighted by atomic mass is 35.5. The van der Waals surface area contributed by atoms with Gasteiger partial charge in [-0.25, -0.2) is 4.79 Å². The molecule has 84 valence electrons. The Morgan fingerprint density at radius 2 is 2.06 bits per heavy atom. The number of fused-ring (bicyclic) bond motifs is 1. The van der Waals surface area contributed by atoms with Gasteiger partial charge in [0.2, 0.25) is 0 Å². The first-order chi connectivity index (χ1) is 7.43. The van der Waals surface area contributed by atoms with Crippen molar-refractivity contribution >= 4 is 40.1 Å². The average molecular weight is 261 g/mol. The summed E-state index contributed by atoms with van der Waals surface area (Å²) in [7, 11) is 0. The van der Waals surface area contributed by atoms with Gasteiger partial charge in [0.05, 0.1) is 15.4 Å². The van der Waals surface area contributed by atoms with E-state index in [0.29, 0.717) is 0 Å². The third-order valence-electron chi connectivity index (χ3n) is 2.22. The number of hydrogen-bond acceptors (Lipinski definition) is 3. The second-order valence-corrected chi connectivity index (χ2v) is 4.02. The molecule has 1 aromatic carbocycles. The minimum atomic E-state index is -1.18. The molecule has 0 aliphatic rings. The molecule has 0 aliphatic carbocycles. The lowest BCUT2D eigenvalue weighted by molar-refractivity contribution is 0.0697. The van der Waals surface area contributed by atoms with Gasteiger partial charge in [0.15, 0.2) is 5.58 Å². The highest BCUT2D eigenvalue weighted by Gasteiger charge is 2.23. The number of phenolic OH excluding ortho intramolecular Hbond substituents is 1. The van der Waals surface area contributed by atoms with Crippen molar-refractivity contribution in [3.63, 3.8) is 0 Å². The predicted octanol–water partition coefficient (Wildman–Crippen LogP) is 3.45. The number of furan rings is 1. The molecule has 0 saturated carbocycles. The van der Waals surface area contributed by atoms with E-state index >= 15 is 0 Å². The SMILES string of the molecule is Cc1oc2c(Cl)cc(O)c(Cl)c2c1C(=O)O. The lowest BCUT2D eigenvalue weighted by Crippen LogP contribution is -1.96. The number of halogens is 2. The molecule has 0 fully saturated rings. The van der Waals surface area contributed by atoms with Crippen LogP contribution in [0.25, 0.3) is 11.0 Å². The van der Waals surface area contributed by atoms with Crippen LogP contribution >= 0.6 is 23.2 Å². The number of carboxylic acids is 1. The van der Waals surface area contributed by atoms with E-state index in [9.17, 15) is 9.90 Å². The molecule has 0 radical (unpaired) electrons. The van der Waals surface area contributed by atoms with E-state index in [1.54, 1.807) is 0 Å². The highest BCUT2D eigenvalue weighted by molar-refractivity contribution is 6.42. The Morgan fingerprint density at radius 1 is 1.44 bits per heavy atom. The minimum absolute atomic E-state index is 0.0753. The molecule has 0 aliphatic heterocycles. The molecule has 2 N–H and O–H groups in total. The van der Waals surface area contributed by atoms with E-state index in [1.165, 1.54) is 13.0 Å². The van der Waals surface area contributed by atoms with Crippen LogP contribution in [0.1, 0.15) is 16.1 Å². The molecule has 0 bridgehead atoms. The van der Waals surface area contributed by atoms with Gasteiger partial charge in [-0.15, -0.1) is 0 Å². The van der Waals surface area contributed by atoms with Crippen LogP contribution in [0.5, 0.6) is 5.75 Å². The monoisotopic (exact) mass is 260 g/mol. The topological polar surface area (TPSA) is 70.7 Å². The van der Waals surface area contributed by atoms with E-state index < -0.39 is 5.97 Å². The Kier molecular flexibility index (Phi) is 2.48. The number of phenols is 1. The molecule has 2 rings (SSSR count). The van der Waals surface area contributed by atoms with Crippen molar-refractivity contribution in [3.05, 3.63) is 27.4 Å². The predicted molar refractivity (Wildman–Crippen MR) is 59.6 cm³/mol. The summed E-state index contributed by atoms with van der Waals surface area (Å²) in [5, 5.41) is 18.6. The molecule has 2 aromatic rings. The van der Waals surface area contributed by atoms with Crippen molar-refractivity contribution in [1.29, 1.82) is 0 Å². The van der Waals surface area contributed by atoms with Crippen LogP contribution < -0.4 is 0 Å². The van der Waals surface area contributed by atoms with Gasteiger partial charge in [-0.2, -0.15) is 0 Å². The maximum absolute atomic E-state index is 11.0. The Hall–Kier alpha value is -1.39. The molecule has 0 unspecified atom stereocenters. The van der Waals surface area contributed by atoms with Gasteiger partial charge in [-0.3, -0.25) is 0 Å². The zero-order valence-electron chi connectivity index (χ0n) is 8.04. The van der Waals surface area contributed by atoms with Gasteiger partial charge in [0.25, 0.3) is 0 Å². The number of hydrogen-bond donors (Lipinski definition) is 2. The van der Waals surface area contributed by atoms with Gasteiger partial charge in [0, 0.05) is 6.07 Å². The highest BCUT2D eigenvalue weighted by Crippen LogP contribution is 2.41. The maximum Gasteiger partial charge on any atom is 0.339 e. The third-order valence-corrected chi connectivity index (χ3v) is 2.89. The maximum atomic E-state index is 11.0. The molecular weight excluding hydrogens is 255 g/mol. The summed E-state index contributed by atoms with van der Waals surface area (Å²) in [5.74, 6) is -1.26. The molecular formula is C10H6Cl2O4. The number of aromatic hydroxyl groups is 1. The van der Waals surface area contributed by atoms with Crippen molar-refractivity contribution < 1.29 is 19.4 Å². The lowest BCUT2D eigenvalue weighted by atomic mass is 10.1. The standard InChI is InChI=1S/C10H6Cl2O4/c1-3-6(10(14)15)7-8(12)5(13)2-4(11)9(7)16-3/h2,13H,1H3,(H,14,15). The Labute approximate surface area is 100.0 Å². The van der Waals surface area contributed by atoms with E-state index in [4.69, 9.17) is 32.7 Å². The van der Waals surface area contributed by atoms with E-state index in [-0.39, 0.29) is 38.1 Å². The number of aryl methyl sites for hydroxylation is 1. The van der Waals surface area contributed by atoms with Gasteiger partial charge >= 0.3 is 5.97 Å². The summed E-state index contributed by atoms with van der Waals surface area (Å²) in [6.07, 6.45) is 0. The Morgan fingerprint density at radius 3 is 2.62 bits per heavy atom. The molecule has 4 nitrogen and oxygen atoms in total. The first-order valence-corrected chi connectivity index (χ1v) is 5.02. The minimum Gasteiger partial charge on any atom is -0.506 e. The number of carboxylic acid groups (broad SMARTS) is 1. The fourth-order valence-corrected chi connectivity index (χ4v) is 2.03. The summed E-state index contributed by atoms with van der Waals surface area (Å²) in [4.78, 5) is 11.0. The van der Waals surface area contributed by atoms with Crippen molar-refractivity contribution in [2.24, 2.45) is 0 Å². The number of rotatable bonds is 1. The first kappa shape index (κ1) is 11.1. The van der Waals surface area contributed by atoms with Crippen LogP contribution in [0.3, 0.4) is 0 Å². The second kappa shape index (κ2) is 3.57. The molecule has 16 heavy (non-hydrogen) atoms. The van der Waals surface area contributed by atoms with Crippen molar-refractivity contribution in [3.8, 4) is 5.75 Å². The lowest BCUT2D eigenvalue weighted by Gasteiger charge is -2.00. The number of aromatic carboxylic acids is 1. The molecule has 0 saturated heterocycles. The van der Waals surface area contributed by atoms with Crippen LogP contribution in [-0.2, 0) is 0 Å². The molecule has 0 amide bonds. The fourth-order valence-electron chi connectivity index (χ4n) is 1.56. The summed E-state index contributed by atoms with van der Waals surface area (Å²) in [5.41, 5.74) is 0.0807. The Bertz CT molecular complexity index is 601. The normalized spacial score (nSPS) is 10.9. The first-order valence-electron chi connectivity index (χ1n) is 4.26. The zero-order chi connectivity index (χ0) is 12.0. The van der Waals surface area contributed by atoms with Crippen molar-refractivity contribution in [2.75, 3.05) is 0 Å². The second-order valence-electron chi connectivity index (χ2n) is 3.23. The number of benzene rings is 1. The molecule has 0 atom stereocenters. The zero-order valence-corrected chi connectivity index (χ0v) is 9.56. The van der Waals surface area contributed by atoms with Gasteiger partial charge < -0.3 is 14.6 Å². The van der Waals surface area contributed by atoms with Crippen LogP contribution in [0.15, 0.2) is 10.5 Å². The van der Waals surface area contributed by atoms with Crippen molar-refractivity contribution in [2.45, 2.75) is 6.92 Å². The van der Waals surface area contributed by atoms with Gasteiger partial charge in [-0.1, -0.05) is 23.2 Å². The molecule has 6 heteroatoms. The molecule has 0 spiro atoms. The largest absolute Gasteiger partial charge is 0.506 e. The summed E-state index contributed by atoms with van der Waals surface area (Å²) < 4.78 is 5.22. The van der Waals surface area contributed by atoms with Crippen LogP contribution in [-0.4, -0.2) is 16.2 Å². The van der Waals surface area contributed by atoms with Crippen LogP contribution in [0, 0.1) is 6.92 Å². The quantitative estimate of drug-likeness (QED) is 0.824. The van der Waals surface area contributed by atoms with Crippen LogP contribution in [0.4, 0.5) is 0 Å². The Balaban J connectivity index is 3.02. The van der Waals surface area contributed by atoms with Gasteiger partial charge in [-0.05, 0) is 6.92 Å². The van der Waals surface area contributed by atoms with E-state index in [2.05, 4.69) is 0 Å². The third kappa shape index (κ3) is 1.42. The average Bonchev–Trinajstić information content (AvgIpc) is 2.53. The van der Waals surface area contributed by atoms with E-state index in [1.807, 2.05) is 0 Å². The molecule has 1 heterocycles. The van der Waals surface area contributed by atoms with Gasteiger partial charge in [0.1, 0.15) is 17.1 Å². The summed E-state index contributed by atoms with van der Waals surface area (Å²) >= 11 is 11.6. The smallest absolute Gasteiger partial charge is 0.339 e. The fraction of sp³-hybridized carbons (Fsp3) is 0.100. The number of carbonyl (C=O) groups is 1. The summed E-state index contributed by atoms with van der Waals surface area (Å²) in [6.45, 7) is 1.49. The van der Waals surface area contributed by atoms with E-state index in [0.717, 1.165) is 0 Å².